The molecule has 0 aliphatic heterocycles. The first-order chi connectivity index (χ1) is 24.4. The molecule has 256 valence electrons. The van der Waals surface area contributed by atoms with Gasteiger partial charge in [0.2, 0.25) is 0 Å². The molecule has 3 aromatic carbocycles. The summed E-state index contributed by atoms with van der Waals surface area (Å²) < 4.78 is 36.7. The summed E-state index contributed by atoms with van der Waals surface area (Å²) in [5.74, 6) is 2.70. The Bertz CT molecular complexity index is 2050. The van der Waals surface area contributed by atoms with Crippen LogP contribution in [0.5, 0.6) is 0 Å². The van der Waals surface area contributed by atoms with Crippen molar-refractivity contribution in [2.24, 2.45) is 0 Å². The van der Waals surface area contributed by atoms with Gasteiger partial charge in [0.05, 0.1) is 25.0 Å². The molecule has 0 aromatic heterocycles. The lowest BCUT2D eigenvalue weighted by atomic mass is 9.92. The monoisotopic (exact) mass is 684 g/mol. The fraction of sp³-hybridized carbons (Fsp3) is 0.0476. The number of carbonyl (C=O) groups excluding carboxylic acids is 4. The van der Waals surface area contributed by atoms with Crippen molar-refractivity contribution in [3.05, 3.63) is 168 Å². The van der Waals surface area contributed by atoms with Crippen LogP contribution in [0.3, 0.4) is 0 Å². The maximum Gasteiger partial charge on any atom is 0.337 e. The average Bonchev–Trinajstić information content (AvgIpc) is 3.12. The van der Waals surface area contributed by atoms with E-state index in [2.05, 4.69) is 38.2 Å². The Morgan fingerprint density at radius 2 is 1.12 bits per heavy atom. The van der Waals surface area contributed by atoms with Crippen LogP contribution in [0.25, 0.3) is 35.4 Å². The summed E-state index contributed by atoms with van der Waals surface area (Å²) in [5, 5.41) is 0. The van der Waals surface area contributed by atoms with Crippen molar-refractivity contribution in [2.45, 2.75) is 13.8 Å². The summed E-state index contributed by atoms with van der Waals surface area (Å²) in [6, 6.07) is 15.2. The second kappa shape index (κ2) is 19.1. The Hall–Kier alpha value is -7.05. The average molecular weight is 685 g/mol. The van der Waals surface area contributed by atoms with E-state index in [0.29, 0.717) is 22.3 Å². The molecular formula is C42H33FO8. The highest BCUT2D eigenvalue weighted by molar-refractivity contribution is 5.89. The van der Waals surface area contributed by atoms with Crippen LogP contribution in [-0.2, 0) is 38.1 Å². The second-order valence-electron chi connectivity index (χ2n) is 10.5. The van der Waals surface area contributed by atoms with Gasteiger partial charge in [-0.05, 0) is 78.6 Å². The Morgan fingerprint density at radius 1 is 0.647 bits per heavy atom. The molecule has 0 aliphatic carbocycles. The van der Waals surface area contributed by atoms with Crippen molar-refractivity contribution in [3.8, 4) is 23.0 Å². The van der Waals surface area contributed by atoms with Crippen molar-refractivity contribution < 1.29 is 42.5 Å². The number of rotatable bonds is 13. The van der Waals surface area contributed by atoms with E-state index >= 15 is 4.39 Å². The zero-order valence-corrected chi connectivity index (χ0v) is 27.9. The van der Waals surface area contributed by atoms with Gasteiger partial charge < -0.3 is 18.9 Å². The van der Waals surface area contributed by atoms with E-state index < -0.39 is 29.7 Å². The molecule has 0 N–H and O–H groups in total. The van der Waals surface area contributed by atoms with Gasteiger partial charge in [0.25, 0.3) is 0 Å². The van der Waals surface area contributed by atoms with Crippen molar-refractivity contribution in [3.63, 3.8) is 0 Å². The van der Waals surface area contributed by atoms with Crippen LogP contribution in [0.2, 0.25) is 0 Å². The van der Waals surface area contributed by atoms with Crippen molar-refractivity contribution in [1.82, 2.24) is 0 Å². The van der Waals surface area contributed by atoms with E-state index in [1.165, 1.54) is 38.5 Å². The van der Waals surface area contributed by atoms with Gasteiger partial charge in [-0.3, -0.25) is 0 Å². The highest BCUT2D eigenvalue weighted by Gasteiger charge is 2.18. The largest absolute Gasteiger partial charge is 0.431 e. The molecular weight excluding hydrogens is 651 g/mol. The SMILES string of the molecule is C=CC(=O)O/C=C/c1ccc(C#Cc2cc(/C=C/OC(=O)C(=C)C)c(-c3ccc(/C=C/OC(=O)C=C)cc3)c(F)c2/C=C/OC(=O)C(=C)C)cc1. The Kier molecular flexibility index (Phi) is 14.4. The van der Waals surface area contributed by atoms with E-state index in [1.807, 2.05) is 0 Å². The minimum atomic E-state index is -0.715. The molecule has 0 saturated heterocycles. The minimum Gasteiger partial charge on any atom is -0.431 e. The topological polar surface area (TPSA) is 105 Å². The lowest BCUT2D eigenvalue weighted by Gasteiger charge is -2.14. The molecule has 0 unspecified atom stereocenters. The fourth-order valence-corrected chi connectivity index (χ4v) is 3.94. The second-order valence-corrected chi connectivity index (χ2v) is 10.5. The van der Waals surface area contributed by atoms with Gasteiger partial charge in [0, 0.05) is 45.6 Å². The first kappa shape index (κ1) is 38.4. The maximum absolute atomic E-state index is 16.7. The van der Waals surface area contributed by atoms with E-state index in [-0.39, 0.29) is 27.8 Å². The zero-order chi connectivity index (χ0) is 37.3. The summed E-state index contributed by atoms with van der Waals surface area (Å²) >= 11 is 0. The first-order valence-corrected chi connectivity index (χ1v) is 15.1. The third-order valence-corrected chi connectivity index (χ3v) is 6.54. The summed E-state index contributed by atoms with van der Waals surface area (Å²) in [6.45, 7) is 16.8. The molecule has 0 atom stereocenters. The third kappa shape index (κ3) is 11.9. The van der Waals surface area contributed by atoms with Crippen LogP contribution >= 0.6 is 0 Å². The molecule has 0 saturated carbocycles. The third-order valence-electron chi connectivity index (χ3n) is 6.54. The van der Waals surface area contributed by atoms with Crippen LogP contribution in [0.1, 0.15) is 47.2 Å². The van der Waals surface area contributed by atoms with E-state index in [0.717, 1.165) is 30.2 Å². The van der Waals surface area contributed by atoms with Gasteiger partial charge in [0.15, 0.2) is 0 Å². The number of ether oxygens (including phenoxy) is 4. The number of halogens is 1. The Labute approximate surface area is 295 Å². The molecule has 9 heteroatoms. The highest BCUT2D eigenvalue weighted by atomic mass is 19.1. The number of esters is 4. The molecule has 0 aliphatic rings. The van der Waals surface area contributed by atoms with E-state index in [1.54, 1.807) is 66.7 Å². The lowest BCUT2D eigenvalue weighted by molar-refractivity contribution is -0.134. The van der Waals surface area contributed by atoms with Gasteiger partial charge in [-0.2, -0.15) is 0 Å². The van der Waals surface area contributed by atoms with Crippen LogP contribution in [0, 0.1) is 17.7 Å². The zero-order valence-electron chi connectivity index (χ0n) is 27.9. The summed E-state index contributed by atoms with van der Waals surface area (Å²) in [4.78, 5) is 46.7. The van der Waals surface area contributed by atoms with Crippen LogP contribution in [0.15, 0.2) is 129 Å². The molecule has 3 aromatic rings. The van der Waals surface area contributed by atoms with Gasteiger partial charge in [0.1, 0.15) is 5.82 Å². The predicted octanol–water partition coefficient (Wildman–Crippen LogP) is 8.47. The maximum atomic E-state index is 16.7. The van der Waals surface area contributed by atoms with E-state index in [9.17, 15) is 19.2 Å². The molecule has 0 radical (unpaired) electrons. The molecule has 0 amide bonds. The molecule has 0 fully saturated rings. The van der Waals surface area contributed by atoms with Crippen molar-refractivity contribution in [2.75, 3.05) is 0 Å². The molecule has 0 heterocycles. The Morgan fingerprint density at radius 3 is 1.61 bits per heavy atom. The van der Waals surface area contributed by atoms with Gasteiger partial charge in [-0.1, -0.05) is 74.6 Å². The summed E-state index contributed by atoms with van der Waals surface area (Å²) in [6.07, 6.45) is 12.5. The van der Waals surface area contributed by atoms with Gasteiger partial charge in [-0.25, -0.2) is 23.6 Å². The number of benzene rings is 3. The summed E-state index contributed by atoms with van der Waals surface area (Å²) in [7, 11) is 0. The predicted molar refractivity (Wildman–Crippen MR) is 195 cm³/mol. The first-order valence-electron chi connectivity index (χ1n) is 15.1. The van der Waals surface area contributed by atoms with Gasteiger partial charge >= 0.3 is 23.9 Å². The number of hydrogen-bond acceptors (Lipinski definition) is 8. The van der Waals surface area contributed by atoms with Crippen molar-refractivity contribution in [1.29, 1.82) is 0 Å². The molecule has 0 spiro atoms. The smallest absolute Gasteiger partial charge is 0.337 e. The number of hydrogen-bond donors (Lipinski definition) is 0. The van der Waals surface area contributed by atoms with Crippen LogP contribution in [-0.4, -0.2) is 23.9 Å². The van der Waals surface area contributed by atoms with Crippen LogP contribution < -0.4 is 0 Å². The fourth-order valence-electron chi connectivity index (χ4n) is 3.94. The summed E-state index contributed by atoms with van der Waals surface area (Å²) in [5.41, 5.74) is 3.37. The van der Waals surface area contributed by atoms with Crippen molar-refractivity contribution >= 4 is 48.2 Å². The quantitative estimate of drug-likeness (QED) is 0.0581. The standard InChI is InChI=1S/C42H33FO8/c1-7-37(44)48-23-19-31-11-9-30(10-12-31)15-18-34-27-35(21-25-50-41(46)28(3)4)39(40(43)36(34)22-26-51-42(47)29(5)6)33-16-13-32(14-17-33)20-24-49-38(45)8-2/h7-14,16-17,19-27H,1-3,5H2,4,6H3/b23-19+,24-20+,25-21+,26-22+. The molecule has 8 nitrogen and oxygen atoms in total. The van der Waals surface area contributed by atoms with E-state index in [4.69, 9.17) is 18.9 Å². The molecule has 51 heavy (non-hydrogen) atoms. The highest BCUT2D eigenvalue weighted by Crippen LogP contribution is 2.33. The van der Waals surface area contributed by atoms with Gasteiger partial charge in [-0.15, -0.1) is 0 Å². The van der Waals surface area contributed by atoms with Crippen LogP contribution in [0.4, 0.5) is 4.39 Å². The minimum absolute atomic E-state index is 0.00648. The number of carbonyl (C=O) groups is 4. The normalized spacial score (nSPS) is 10.8. The lowest BCUT2D eigenvalue weighted by Crippen LogP contribution is -2.01. The Balaban J connectivity index is 2.16. The molecule has 0 bridgehead atoms. The molecule has 3 rings (SSSR count).